The Morgan fingerprint density at radius 1 is 1.52 bits per heavy atom. The number of aromatic nitrogens is 2. The van der Waals surface area contributed by atoms with E-state index in [0.717, 1.165) is 17.3 Å². The van der Waals surface area contributed by atoms with Crippen molar-refractivity contribution in [3.05, 3.63) is 18.1 Å². The second kappa shape index (κ2) is 5.60. The lowest BCUT2D eigenvalue weighted by molar-refractivity contribution is -0.124. The van der Waals surface area contributed by atoms with Crippen molar-refractivity contribution < 1.29 is 18.4 Å². The Balaban J connectivity index is 1.62. The van der Waals surface area contributed by atoms with Gasteiger partial charge in [-0.25, -0.2) is 4.79 Å². The van der Waals surface area contributed by atoms with E-state index in [1.54, 1.807) is 13.0 Å². The van der Waals surface area contributed by atoms with Crippen LogP contribution < -0.4 is 5.32 Å². The normalized spacial score (nSPS) is 14.5. The Kier molecular flexibility index (Phi) is 3.65. The molecule has 0 spiro atoms. The van der Waals surface area contributed by atoms with Crippen LogP contribution in [0.5, 0.6) is 0 Å². The lowest BCUT2D eigenvalue weighted by Gasteiger charge is -2.10. The average Bonchev–Trinajstić information content (AvgIpc) is 3.16. The lowest BCUT2D eigenvalue weighted by Crippen LogP contribution is -2.35. The molecule has 1 N–H and O–H groups in total. The van der Waals surface area contributed by atoms with Crippen LogP contribution in [0.3, 0.4) is 0 Å². The van der Waals surface area contributed by atoms with Gasteiger partial charge in [-0.3, -0.25) is 9.69 Å². The summed E-state index contributed by atoms with van der Waals surface area (Å²) in [6.45, 7) is 2.67. The Hall–Kier alpha value is -2.29. The van der Waals surface area contributed by atoms with Gasteiger partial charge in [0.2, 0.25) is 5.91 Å². The van der Waals surface area contributed by atoms with Gasteiger partial charge in [-0.05, 0) is 13.0 Å². The van der Waals surface area contributed by atoms with Gasteiger partial charge in [0.15, 0.2) is 0 Å². The van der Waals surface area contributed by atoms with Crippen molar-refractivity contribution in [2.75, 3.05) is 18.8 Å². The van der Waals surface area contributed by atoms with Crippen molar-refractivity contribution in [2.45, 2.75) is 12.1 Å². The van der Waals surface area contributed by atoms with Crippen molar-refractivity contribution in [1.29, 1.82) is 0 Å². The van der Waals surface area contributed by atoms with Gasteiger partial charge in [0, 0.05) is 13.1 Å². The van der Waals surface area contributed by atoms with Crippen LogP contribution in [0, 0.1) is 6.92 Å². The van der Waals surface area contributed by atoms with Crippen LogP contribution >= 0.6 is 11.8 Å². The average molecular weight is 308 g/mol. The third-order valence-electron chi connectivity index (χ3n) is 2.97. The van der Waals surface area contributed by atoms with E-state index >= 15 is 0 Å². The van der Waals surface area contributed by atoms with E-state index in [0.29, 0.717) is 24.7 Å². The van der Waals surface area contributed by atoms with Crippen molar-refractivity contribution in [1.82, 2.24) is 20.4 Å². The van der Waals surface area contributed by atoms with Crippen LogP contribution in [0.1, 0.15) is 5.76 Å². The summed E-state index contributed by atoms with van der Waals surface area (Å²) in [7, 11) is 0. The molecule has 1 aliphatic heterocycles. The number of nitrogens with zero attached hydrogens (tertiary/aromatic N) is 3. The molecule has 2 aromatic heterocycles. The van der Waals surface area contributed by atoms with Crippen LogP contribution in [0.4, 0.5) is 4.79 Å². The number of aryl methyl sites for hydroxylation is 1. The molecule has 0 aromatic carbocycles. The molecule has 1 saturated heterocycles. The molecule has 110 valence electrons. The molecule has 0 saturated carbocycles. The van der Waals surface area contributed by atoms with E-state index in [1.807, 2.05) is 0 Å². The summed E-state index contributed by atoms with van der Waals surface area (Å²) in [5, 5.41) is 10.6. The summed E-state index contributed by atoms with van der Waals surface area (Å²) < 4.78 is 10.6. The maximum Gasteiger partial charge on any atom is 0.324 e. The van der Waals surface area contributed by atoms with Crippen LogP contribution in [0.2, 0.25) is 0 Å². The maximum atomic E-state index is 11.9. The zero-order chi connectivity index (χ0) is 14.8. The summed E-state index contributed by atoms with van der Waals surface area (Å²) in [5.74, 6) is 0.809. The summed E-state index contributed by atoms with van der Waals surface area (Å²) >= 11 is 1.10. The molecule has 1 aliphatic rings. The van der Waals surface area contributed by atoms with Gasteiger partial charge < -0.3 is 14.2 Å². The fourth-order valence-electron chi connectivity index (χ4n) is 1.89. The molecular formula is C12H12N4O4S. The molecule has 0 atom stereocenters. The fourth-order valence-corrected chi connectivity index (χ4v) is 2.53. The summed E-state index contributed by atoms with van der Waals surface area (Å²) in [6.07, 6.45) is 1.54. The summed E-state index contributed by atoms with van der Waals surface area (Å²) in [5.41, 5.74) is 0.722. The van der Waals surface area contributed by atoms with Gasteiger partial charge in [0.25, 0.3) is 11.1 Å². The Bertz CT molecular complexity index is 680. The monoisotopic (exact) mass is 308 g/mol. The third kappa shape index (κ3) is 2.77. The highest BCUT2D eigenvalue weighted by Crippen LogP contribution is 2.26. The topological polar surface area (TPSA) is 101 Å². The van der Waals surface area contributed by atoms with E-state index in [2.05, 4.69) is 15.5 Å². The number of furan rings is 1. The predicted octanol–water partition coefficient (Wildman–Crippen LogP) is 1.28. The first kappa shape index (κ1) is 13.7. The van der Waals surface area contributed by atoms with Crippen LogP contribution in [0.25, 0.3) is 11.5 Å². The van der Waals surface area contributed by atoms with Gasteiger partial charge in [0.1, 0.15) is 5.76 Å². The molecule has 0 unspecified atom stereocenters. The van der Waals surface area contributed by atoms with Crippen molar-refractivity contribution >= 4 is 23.7 Å². The predicted molar refractivity (Wildman–Crippen MR) is 72.6 cm³/mol. The number of hydrogen-bond donors (Lipinski definition) is 1. The van der Waals surface area contributed by atoms with Crippen LogP contribution in [0.15, 0.2) is 26.4 Å². The van der Waals surface area contributed by atoms with E-state index in [9.17, 15) is 9.59 Å². The molecule has 1 fully saturated rings. The smallest absolute Gasteiger partial charge is 0.324 e. The third-order valence-corrected chi connectivity index (χ3v) is 3.78. The molecular weight excluding hydrogens is 296 g/mol. The summed E-state index contributed by atoms with van der Waals surface area (Å²) in [6, 6.07) is 1.37. The Morgan fingerprint density at radius 3 is 3.05 bits per heavy atom. The SMILES string of the molecule is Cc1occc1-c1nnc(SCC(=O)N2CCNC2=O)o1. The van der Waals surface area contributed by atoms with E-state index in [4.69, 9.17) is 8.83 Å². The minimum atomic E-state index is -0.360. The molecule has 3 heterocycles. The highest BCUT2D eigenvalue weighted by molar-refractivity contribution is 7.99. The van der Waals surface area contributed by atoms with Gasteiger partial charge in [0.05, 0.1) is 17.6 Å². The van der Waals surface area contributed by atoms with E-state index < -0.39 is 0 Å². The molecule has 2 aromatic rings. The number of imide groups is 1. The molecule has 21 heavy (non-hydrogen) atoms. The van der Waals surface area contributed by atoms with Crippen molar-refractivity contribution in [3.8, 4) is 11.5 Å². The molecule has 0 radical (unpaired) electrons. The number of carbonyl (C=O) groups is 2. The Morgan fingerprint density at radius 2 is 2.38 bits per heavy atom. The number of amides is 3. The second-order valence-corrected chi connectivity index (χ2v) is 5.26. The molecule has 3 amide bonds. The minimum absolute atomic E-state index is 0.0689. The van der Waals surface area contributed by atoms with E-state index in [-0.39, 0.29) is 22.9 Å². The van der Waals surface area contributed by atoms with Gasteiger partial charge >= 0.3 is 6.03 Å². The first-order chi connectivity index (χ1) is 10.1. The van der Waals surface area contributed by atoms with Gasteiger partial charge in [-0.1, -0.05) is 11.8 Å². The second-order valence-electron chi connectivity index (χ2n) is 4.33. The van der Waals surface area contributed by atoms with E-state index in [1.165, 1.54) is 11.2 Å². The highest BCUT2D eigenvalue weighted by atomic mass is 32.2. The fraction of sp³-hybridized carbons (Fsp3) is 0.333. The number of rotatable bonds is 4. The molecule has 8 nitrogen and oxygen atoms in total. The molecule has 3 rings (SSSR count). The van der Waals surface area contributed by atoms with Crippen LogP contribution in [-0.4, -0.2) is 45.9 Å². The highest BCUT2D eigenvalue weighted by Gasteiger charge is 2.26. The van der Waals surface area contributed by atoms with Gasteiger partial charge in [-0.15, -0.1) is 10.2 Å². The largest absolute Gasteiger partial charge is 0.469 e. The minimum Gasteiger partial charge on any atom is -0.469 e. The molecule has 9 heteroatoms. The quantitative estimate of drug-likeness (QED) is 0.849. The Labute approximate surface area is 123 Å². The zero-order valence-electron chi connectivity index (χ0n) is 11.2. The van der Waals surface area contributed by atoms with Crippen molar-refractivity contribution in [3.63, 3.8) is 0 Å². The first-order valence-corrected chi connectivity index (χ1v) is 7.22. The maximum absolute atomic E-state index is 11.9. The number of thioether (sulfide) groups is 1. The number of carbonyl (C=O) groups excluding carboxylic acids is 2. The standard InChI is InChI=1S/C12H12N4O4S/c1-7-8(2-5-19-7)10-14-15-12(20-10)21-6-9(17)16-4-3-13-11(16)18/h2,5H,3-4,6H2,1H3,(H,13,18). The number of hydrogen-bond acceptors (Lipinski definition) is 7. The zero-order valence-corrected chi connectivity index (χ0v) is 12.0. The van der Waals surface area contributed by atoms with Crippen molar-refractivity contribution in [2.24, 2.45) is 0 Å². The van der Waals surface area contributed by atoms with Gasteiger partial charge in [-0.2, -0.15) is 0 Å². The molecule has 0 bridgehead atoms. The summed E-state index contributed by atoms with van der Waals surface area (Å²) in [4.78, 5) is 24.4. The molecule has 0 aliphatic carbocycles. The first-order valence-electron chi connectivity index (χ1n) is 6.24. The lowest BCUT2D eigenvalue weighted by atomic mass is 10.3. The number of nitrogens with one attached hydrogen (secondary N) is 1. The van der Waals surface area contributed by atoms with Crippen LogP contribution in [-0.2, 0) is 4.79 Å². The number of urea groups is 1.